The van der Waals surface area contributed by atoms with Gasteiger partial charge in [-0.25, -0.2) is 24.7 Å². The molecule has 2 aromatic rings. The number of aromatic carboxylic acids is 1. The Kier molecular flexibility index (Phi) is 5.22. The molecule has 132 valence electrons. The van der Waals surface area contributed by atoms with Crippen LogP contribution in [0.15, 0.2) is 24.8 Å². The van der Waals surface area contributed by atoms with Crippen LogP contribution in [0.25, 0.3) is 0 Å². The lowest BCUT2D eigenvalue weighted by molar-refractivity contribution is 0.0690. The second-order valence-electron chi connectivity index (χ2n) is 5.65. The molecule has 0 bridgehead atoms. The molecule has 0 aromatic carbocycles. The fraction of sp³-hybridized carbons (Fsp3) is 0.438. The first kappa shape index (κ1) is 16.9. The Labute approximate surface area is 145 Å². The van der Waals surface area contributed by atoms with Gasteiger partial charge in [0.1, 0.15) is 18.0 Å². The van der Waals surface area contributed by atoms with Crippen molar-refractivity contribution in [1.82, 2.24) is 19.9 Å². The molecule has 0 aliphatic carbocycles. The monoisotopic (exact) mass is 344 g/mol. The van der Waals surface area contributed by atoms with Gasteiger partial charge >= 0.3 is 5.97 Å². The highest BCUT2D eigenvalue weighted by atomic mass is 16.5. The number of nitrogens with one attached hydrogen (secondary N) is 1. The maximum absolute atomic E-state index is 10.8. The standard InChI is InChI=1S/C16H20N6O3/c1-2-25-15-7-13(19-10-20-15)21-11-3-5-22(6-4-11)14-9-17-12(8-18-14)16(23)24/h7-11H,2-6H2,1H3,(H,23,24)(H,19,20,21). The van der Waals surface area contributed by atoms with Crippen LogP contribution in [0, 0.1) is 0 Å². The molecule has 9 heteroatoms. The fourth-order valence-electron chi connectivity index (χ4n) is 2.70. The second kappa shape index (κ2) is 7.73. The molecule has 1 aliphatic rings. The minimum absolute atomic E-state index is 0.0471. The van der Waals surface area contributed by atoms with E-state index in [1.165, 1.54) is 18.7 Å². The van der Waals surface area contributed by atoms with E-state index < -0.39 is 5.97 Å². The molecule has 0 spiro atoms. The molecule has 0 saturated carbocycles. The lowest BCUT2D eigenvalue weighted by atomic mass is 10.1. The van der Waals surface area contributed by atoms with Gasteiger partial charge in [-0.15, -0.1) is 0 Å². The summed E-state index contributed by atoms with van der Waals surface area (Å²) in [7, 11) is 0. The smallest absolute Gasteiger partial charge is 0.356 e. The Morgan fingerprint density at radius 2 is 2.08 bits per heavy atom. The first-order chi connectivity index (χ1) is 12.2. The molecule has 2 aromatic heterocycles. The van der Waals surface area contributed by atoms with Gasteiger partial charge in [-0.05, 0) is 19.8 Å². The van der Waals surface area contributed by atoms with Crippen LogP contribution in [0.1, 0.15) is 30.3 Å². The van der Waals surface area contributed by atoms with E-state index in [9.17, 15) is 4.79 Å². The normalized spacial score (nSPS) is 15.0. The minimum Gasteiger partial charge on any atom is -0.478 e. The van der Waals surface area contributed by atoms with Crippen molar-refractivity contribution in [2.24, 2.45) is 0 Å². The number of aromatic nitrogens is 4. The maximum atomic E-state index is 10.8. The summed E-state index contributed by atoms with van der Waals surface area (Å²) in [5.41, 5.74) is -0.0471. The molecule has 25 heavy (non-hydrogen) atoms. The highest BCUT2D eigenvalue weighted by Crippen LogP contribution is 2.20. The van der Waals surface area contributed by atoms with Gasteiger partial charge in [0.25, 0.3) is 0 Å². The van der Waals surface area contributed by atoms with Crippen molar-refractivity contribution in [3.05, 3.63) is 30.5 Å². The fourth-order valence-corrected chi connectivity index (χ4v) is 2.70. The number of anilines is 2. The molecule has 0 atom stereocenters. The van der Waals surface area contributed by atoms with Gasteiger partial charge in [0.15, 0.2) is 5.69 Å². The van der Waals surface area contributed by atoms with Crippen molar-refractivity contribution in [3.8, 4) is 5.88 Å². The van der Waals surface area contributed by atoms with Gasteiger partial charge in [0.2, 0.25) is 5.88 Å². The Bertz CT molecular complexity index is 716. The van der Waals surface area contributed by atoms with Crippen LogP contribution >= 0.6 is 0 Å². The number of ether oxygens (including phenoxy) is 1. The molecular formula is C16H20N6O3. The highest BCUT2D eigenvalue weighted by molar-refractivity contribution is 5.84. The van der Waals surface area contributed by atoms with Crippen LogP contribution < -0.4 is 15.0 Å². The molecule has 1 aliphatic heterocycles. The molecule has 2 N–H and O–H groups in total. The Morgan fingerprint density at radius 3 is 2.72 bits per heavy atom. The summed E-state index contributed by atoms with van der Waals surface area (Å²) in [5.74, 6) is 0.941. The lowest BCUT2D eigenvalue weighted by Crippen LogP contribution is -2.39. The van der Waals surface area contributed by atoms with Crippen LogP contribution in [0.5, 0.6) is 5.88 Å². The number of rotatable bonds is 6. The topological polar surface area (TPSA) is 113 Å². The lowest BCUT2D eigenvalue weighted by Gasteiger charge is -2.33. The summed E-state index contributed by atoms with van der Waals surface area (Å²) in [4.78, 5) is 29.3. The van der Waals surface area contributed by atoms with Crippen molar-refractivity contribution >= 4 is 17.6 Å². The average molecular weight is 344 g/mol. The third-order valence-electron chi connectivity index (χ3n) is 3.96. The van der Waals surface area contributed by atoms with Gasteiger partial charge in [0.05, 0.1) is 19.0 Å². The quantitative estimate of drug-likeness (QED) is 0.803. The minimum atomic E-state index is -1.07. The largest absolute Gasteiger partial charge is 0.478 e. The van der Waals surface area contributed by atoms with Crippen LogP contribution in [-0.4, -0.2) is 56.7 Å². The molecule has 1 saturated heterocycles. The number of carboxylic acids is 1. The van der Waals surface area contributed by atoms with Crippen LogP contribution in [0.4, 0.5) is 11.6 Å². The summed E-state index contributed by atoms with van der Waals surface area (Å²) >= 11 is 0. The Hall–Kier alpha value is -2.97. The highest BCUT2D eigenvalue weighted by Gasteiger charge is 2.21. The molecule has 9 nitrogen and oxygen atoms in total. The maximum Gasteiger partial charge on any atom is 0.356 e. The summed E-state index contributed by atoms with van der Waals surface area (Å²) in [6, 6.07) is 2.10. The number of piperidine rings is 1. The predicted molar refractivity (Wildman–Crippen MR) is 91.1 cm³/mol. The molecule has 3 rings (SSSR count). The SMILES string of the molecule is CCOc1cc(NC2CCN(c3cnc(C(=O)O)cn3)CC2)ncn1. The van der Waals surface area contributed by atoms with Crippen LogP contribution in [0.3, 0.4) is 0 Å². The van der Waals surface area contributed by atoms with Crippen molar-refractivity contribution < 1.29 is 14.6 Å². The van der Waals surface area contributed by atoms with Gasteiger partial charge in [-0.1, -0.05) is 0 Å². The van der Waals surface area contributed by atoms with E-state index >= 15 is 0 Å². The van der Waals surface area contributed by atoms with Gasteiger partial charge in [0, 0.05) is 25.2 Å². The summed E-state index contributed by atoms with van der Waals surface area (Å²) < 4.78 is 5.38. The Balaban J connectivity index is 1.55. The van der Waals surface area contributed by atoms with Crippen LogP contribution in [-0.2, 0) is 0 Å². The average Bonchev–Trinajstić information content (AvgIpc) is 2.63. The number of carboxylic acid groups (broad SMARTS) is 1. The molecule has 1 fully saturated rings. The third kappa shape index (κ3) is 4.31. The van der Waals surface area contributed by atoms with Crippen molar-refractivity contribution in [2.45, 2.75) is 25.8 Å². The van der Waals surface area contributed by atoms with E-state index in [2.05, 4.69) is 30.2 Å². The summed E-state index contributed by atoms with van der Waals surface area (Å²) in [5, 5.41) is 12.3. The Morgan fingerprint density at radius 1 is 1.28 bits per heavy atom. The number of nitrogens with zero attached hydrogens (tertiary/aromatic N) is 5. The molecule has 0 amide bonds. The van der Waals surface area contributed by atoms with E-state index in [4.69, 9.17) is 9.84 Å². The molecule has 3 heterocycles. The zero-order chi connectivity index (χ0) is 17.6. The molecular weight excluding hydrogens is 324 g/mol. The first-order valence-electron chi connectivity index (χ1n) is 8.17. The van der Waals surface area contributed by atoms with Crippen molar-refractivity contribution in [1.29, 1.82) is 0 Å². The van der Waals surface area contributed by atoms with Crippen LogP contribution in [0.2, 0.25) is 0 Å². The number of hydrogen-bond donors (Lipinski definition) is 2. The van der Waals surface area contributed by atoms with Gasteiger partial charge < -0.3 is 20.1 Å². The molecule has 0 unspecified atom stereocenters. The third-order valence-corrected chi connectivity index (χ3v) is 3.96. The van der Waals surface area contributed by atoms with E-state index in [0.717, 1.165) is 31.7 Å². The van der Waals surface area contributed by atoms with E-state index in [1.54, 1.807) is 6.07 Å². The zero-order valence-electron chi connectivity index (χ0n) is 13.9. The number of hydrogen-bond acceptors (Lipinski definition) is 8. The van der Waals surface area contributed by atoms with Crippen molar-refractivity contribution in [3.63, 3.8) is 0 Å². The number of carbonyl (C=O) groups is 1. The van der Waals surface area contributed by atoms with Crippen molar-refractivity contribution in [2.75, 3.05) is 29.9 Å². The first-order valence-corrected chi connectivity index (χ1v) is 8.17. The molecule has 0 radical (unpaired) electrons. The van der Waals surface area contributed by atoms with E-state index in [-0.39, 0.29) is 5.69 Å². The second-order valence-corrected chi connectivity index (χ2v) is 5.65. The predicted octanol–water partition coefficient (Wildman–Crippen LogP) is 1.44. The summed E-state index contributed by atoms with van der Waals surface area (Å²) in [6.45, 7) is 4.09. The van der Waals surface area contributed by atoms with E-state index in [0.29, 0.717) is 24.3 Å². The van der Waals surface area contributed by atoms with Gasteiger partial charge in [-0.3, -0.25) is 0 Å². The van der Waals surface area contributed by atoms with Gasteiger partial charge in [-0.2, -0.15) is 0 Å². The zero-order valence-corrected chi connectivity index (χ0v) is 13.9. The summed E-state index contributed by atoms with van der Waals surface area (Å²) in [6.07, 6.45) is 6.11. The van der Waals surface area contributed by atoms with E-state index in [1.807, 2.05) is 6.92 Å².